The van der Waals surface area contributed by atoms with Crippen molar-refractivity contribution in [1.82, 2.24) is 14.8 Å². The minimum Gasteiger partial charge on any atom is -0.383 e. The summed E-state index contributed by atoms with van der Waals surface area (Å²) in [5.41, 5.74) is 6.54. The molecule has 3 N–H and O–H groups in total. The molecule has 2 aromatic rings. The van der Waals surface area contributed by atoms with Gasteiger partial charge >= 0.3 is 0 Å². The van der Waals surface area contributed by atoms with Gasteiger partial charge in [-0.05, 0) is 31.0 Å². The van der Waals surface area contributed by atoms with Crippen molar-refractivity contribution in [3.05, 3.63) is 23.9 Å². The van der Waals surface area contributed by atoms with E-state index in [0.29, 0.717) is 17.1 Å². The lowest BCUT2D eigenvalue weighted by molar-refractivity contribution is -0.122. The van der Waals surface area contributed by atoms with Gasteiger partial charge in [0.2, 0.25) is 5.91 Å². The number of rotatable bonds is 4. The molecule has 0 spiro atoms. The van der Waals surface area contributed by atoms with Crippen LogP contribution in [0, 0.1) is 5.92 Å². The number of pyridine rings is 1. The van der Waals surface area contributed by atoms with Crippen LogP contribution in [0.2, 0.25) is 0 Å². The third-order valence-corrected chi connectivity index (χ3v) is 4.05. The number of nitrogens with one attached hydrogen (secondary N) is 1. The van der Waals surface area contributed by atoms with E-state index in [2.05, 4.69) is 15.4 Å². The third kappa shape index (κ3) is 3.01. The van der Waals surface area contributed by atoms with E-state index in [0.717, 1.165) is 19.3 Å². The SMILES string of the molecule is Cn1nc(C(F)F)cc1-c1ccc(NC(=O)C2CCC2)nc1N. The topological polar surface area (TPSA) is 85.8 Å². The highest BCUT2D eigenvalue weighted by Crippen LogP contribution is 2.30. The molecule has 1 saturated carbocycles. The molecular formula is C15H17F2N5O. The molecule has 0 unspecified atom stereocenters. The Balaban J connectivity index is 1.83. The van der Waals surface area contributed by atoms with E-state index in [4.69, 9.17) is 5.73 Å². The number of alkyl halides is 2. The molecule has 0 aromatic carbocycles. The van der Waals surface area contributed by atoms with Gasteiger partial charge in [-0.1, -0.05) is 6.42 Å². The van der Waals surface area contributed by atoms with Gasteiger partial charge in [-0.15, -0.1) is 0 Å². The van der Waals surface area contributed by atoms with Crippen molar-refractivity contribution in [3.63, 3.8) is 0 Å². The molecule has 1 fully saturated rings. The predicted octanol–water partition coefficient (Wildman–Crippen LogP) is 2.74. The molecule has 0 aliphatic heterocycles. The lowest BCUT2D eigenvalue weighted by atomic mass is 9.85. The predicted molar refractivity (Wildman–Crippen MR) is 81.8 cm³/mol. The second-order valence-electron chi connectivity index (χ2n) is 5.63. The molecule has 8 heteroatoms. The molecule has 6 nitrogen and oxygen atoms in total. The van der Waals surface area contributed by atoms with Crippen molar-refractivity contribution in [2.45, 2.75) is 25.7 Å². The number of amides is 1. The Morgan fingerprint density at radius 2 is 2.17 bits per heavy atom. The maximum Gasteiger partial charge on any atom is 0.282 e. The van der Waals surface area contributed by atoms with Crippen molar-refractivity contribution in [2.75, 3.05) is 11.1 Å². The van der Waals surface area contributed by atoms with E-state index in [1.54, 1.807) is 19.2 Å². The standard InChI is InChI=1S/C15H17F2N5O/c1-22-11(7-10(21-22)13(16)17)9-5-6-12(19-14(9)18)20-15(23)8-3-2-4-8/h5-8,13H,2-4H2,1H3,(H3,18,19,20,23). The monoisotopic (exact) mass is 321 g/mol. The molecule has 122 valence electrons. The minimum atomic E-state index is -2.65. The van der Waals surface area contributed by atoms with Crippen LogP contribution in [0.3, 0.4) is 0 Å². The summed E-state index contributed by atoms with van der Waals surface area (Å²) in [6, 6.07) is 4.53. The van der Waals surface area contributed by atoms with Gasteiger partial charge < -0.3 is 11.1 Å². The highest BCUT2D eigenvalue weighted by Gasteiger charge is 2.25. The number of anilines is 2. The maximum absolute atomic E-state index is 12.7. The smallest absolute Gasteiger partial charge is 0.282 e. The highest BCUT2D eigenvalue weighted by molar-refractivity contribution is 5.92. The van der Waals surface area contributed by atoms with Crippen molar-refractivity contribution >= 4 is 17.5 Å². The summed E-state index contributed by atoms with van der Waals surface area (Å²) >= 11 is 0. The normalized spacial score (nSPS) is 14.8. The summed E-state index contributed by atoms with van der Waals surface area (Å²) in [7, 11) is 1.56. The second kappa shape index (κ2) is 5.94. The van der Waals surface area contributed by atoms with Crippen LogP contribution in [0.25, 0.3) is 11.3 Å². The fourth-order valence-corrected chi connectivity index (χ4v) is 2.51. The zero-order valence-corrected chi connectivity index (χ0v) is 12.6. The lowest BCUT2D eigenvalue weighted by Crippen LogP contribution is -2.28. The first kappa shape index (κ1) is 15.4. The van der Waals surface area contributed by atoms with E-state index < -0.39 is 6.43 Å². The van der Waals surface area contributed by atoms with Gasteiger partial charge in [0.25, 0.3) is 6.43 Å². The Hall–Kier alpha value is -2.51. The summed E-state index contributed by atoms with van der Waals surface area (Å²) in [6.07, 6.45) is 0.208. The number of hydrogen-bond acceptors (Lipinski definition) is 4. The average molecular weight is 321 g/mol. The van der Waals surface area contributed by atoms with Crippen LogP contribution in [0.15, 0.2) is 18.2 Å². The average Bonchev–Trinajstić information content (AvgIpc) is 2.79. The van der Waals surface area contributed by atoms with E-state index >= 15 is 0 Å². The highest BCUT2D eigenvalue weighted by atomic mass is 19.3. The fraction of sp³-hybridized carbons (Fsp3) is 0.400. The van der Waals surface area contributed by atoms with Crippen LogP contribution in [0.1, 0.15) is 31.4 Å². The molecular weight excluding hydrogens is 304 g/mol. The Labute approximate surface area is 131 Å². The maximum atomic E-state index is 12.7. The number of halogens is 2. The summed E-state index contributed by atoms with van der Waals surface area (Å²) in [4.78, 5) is 16.0. The molecule has 1 aliphatic rings. The number of aryl methyl sites for hydroxylation is 1. The molecule has 0 bridgehead atoms. The second-order valence-corrected chi connectivity index (χ2v) is 5.63. The largest absolute Gasteiger partial charge is 0.383 e. The van der Waals surface area contributed by atoms with Gasteiger partial charge in [-0.3, -0.25) is 9.48 Å². The number of carbonyl (C=O) groups is 1. The molecule has 0 atom stereocenters. The van der Waals surface area contributed by atoms with Gasteiger partial charge in [0, 0.05) is 18.5 Å². The van der Waals surface area contributed by atoms with E-state index in [1.165, 1.54) is 10.7 Å². The first-order valence-electron chi connectivity index (χ1n) is 7.35. The zero-order valence-electron chi connectivity index (χ0n) is 12.6. The van der Waals surface area contributed by atoms with E-state index in [1.807, 2.05) is 0 Å². The first-order valence-corrected chi connectivity index (χ1v) is 7.35. The van der Waals surface area contributed by atoms with Crippen LogP contribution in [0.5, 0.6) is 0 Å². The Kier molecular flexibility index (Phi) is 3.97. The Morgan fingerprint density at radius 1 is 1.43 bits per heavy atom. The Morgan fingerprint density at radius 3 is 2.70 bits per heavy atom. The molecule has 2 aromatic heterocycles. The summed E-state index contributed by atoms with van der Waals surface area (Å²) in [5.74, 6) is 0.499. The van der Waals surface area contributed by atoms with Crippen LogP contribution in [0.4, 0.5) is 20.4 Å². The number of nitrogens with zero attached hydrogens (tertiary/aromatic N) is 3. The quantitative estimate of drug-likeness (QED) is 0.906. The zero-order chi connectivity index (χ0) is 16.6. The van der Waals surface area contributed by atoms with Gasteiger partial charge in [-0.25, -0.2) is 13.8 Å². The summed E-state index contributed by atoms with van der Waals surface area (Å²) in [6.45, 7) is 0. The number of hydrogen-bond donors (Lipinski definition) is 2. The molecule has 2 heterocycles. The minimum absolute atomic E-state index is 0.0448. The summed E-state index contributed by atoms with van der Waals surface area (Å²) < 4.78 is 26.8. The number of nitrogens with two attached hydrogens (primary N) is 1. The van der Waals surface area contributed by atoms with Crippen LogP contribution >= 0.6 is 0 Å². The van der Waals surface area contributed by atoms with Gasteiger partial charge in [0.15, 0.2) is 0 Å². The molecule has 23 heavy (non-hydrogen) atoms. The van der Waals surface area contributed by atoms with Crippen molar-refractivity contribution in [3.8, 4) is 11.3 Å². The van der Waals surface area contributed by atoms with Crippen LogP contribution in [-0.4, -0.2) is 20.7 Å². The van der Waals surface area contributed by atoms with Crippen molar-refractivity contribution in [1.29, 1.82) is 0 Å². The van der Waals surface area contributed by atoms with Crippen LogP contribution in [-0.2, 0) is 11.8 Å². The van der Waals surface area contributed by atoms with E-state index in [9.17, 15) is 13.6 Å². The number of aromatic nitrogens is 3. The van der Waals surface area contributed by atoms with Gasteiger partial charge in [0.1, 0.15) is 17.3 Å². The van der Waals surface area contributed by atoms with Gasteiger partial charge in [0.05, 0.1) is 5.69 Å². The Bertz CT molecular complexity index is 739. The van der Waals surface area contributed by atoms with Crippen molar-refractivity contribution in [2.24, 2.45) is 13.0 Å². The molecule has 1 aliphatic carbocycles. The number of carbonyl (C=O) groups excluding carboxylic acids is 1. The summed E-state index contributed by atoms with van der Waals surface area (Å²) in [5, 5.41) is 6.48. The molecule has 1 amide bonds. The first-order chi connectivity index (χ1) is 11.0. The molecule has 0 saturated heterocycles. The van der Waals surface area contributed by atoms with Gasteiger partial charge in [-0.2, -0.15) is 5.10 Å². The fourth-order valence-electron chi connectivity index (χ4n) is 2.51. The molecule has 3 rings (SSSR count). The van der Waals surface area contributed by atoms with Crippen LogP contribution < -0.4 is 11.1 Å². The van der Waals surface area contributed by atoms with Crippen molar-refractivity contribution < 1.29 is 13.6 Å². The number of nitrogen functional groups attached to an aromatic ring is 1. The third-order valence-electron chi connectivity index (χ3n) is 4.05. The van der Waals surface area contributed by atoms with E-state index in [-0.39, 0.29) is 23.3 Å². The molecule has 0 radical (unpaired) electrons. The lowest BCUT2D eigenvalue weighted by Gasteiger charge is -2.23.